The zero-order valence-corrected chi connectivity index (χ0v) is 8.27. The summed E-state index contributed by atoms with van der Waals surface area (Å²) in [5.41, 5.74) is 7.18. The molecule has 5 nitrogen and oxygen atoms in total. The molecule has 0 aliphatic rings. The van der Waals surface area contributed by atoms with E-state index in [-0.39, 0.29) is 5.75 Å². The van der Waals surface area contributed by atoms with Gasteiger partial charge < -0.3 is 20.3 Å². The van der Waals surface area contributed by atoms with Crippen molar-refractivity contribution in [2.45, 2.75) is 0 Å². The number of rotatable bonds is 1. The van der Waals surface area contributed by atoms with Crippen LogP contribution in [0.4, 0.5) is 5.82 Å². The molecule has 0 amide bonds. The highest BCUT2D eigenvalue weighted by molar-refractivity contribution is 5.86. The Bertz CT molecular complexity index is 654. The Balaban J connectivity index is 2.18. The van der Waals surface area contributed by atoms with Gasteiger partial charge in [-0.25, -0.2) is 0 Å². The van der Waals surface area contributed by atoms with Crippen LogP contribution in [0.2, 0.25) is 0 Å². The summed E-state index contributed by atoms with van der Waals surface area (Å²) in [6.07, 6.45) is 0. The number of aromatic amines is 1. The number of nitrogens with one attached hydrogen (secondary N) is 1. The lowest BCUT2D eigenvalue weighted by atomic mass is 10.2. The lowest BCUT2D eigenvalue weighted by Crippen LogP contribution is -1.79. The highest BCUT2D eigenvalue weighted by Gasteiger charge is 2.08. The van der Waals surface area contributed by atoms with Crippen molar-refractivity contribution in [3.05, 3.63) is 30.3 Å². The number of H-pyrrole nitrogens is 1. The van der Waals surface area contributed by atoms with E-state index in [4.69, 9.17) is 10.3 Å². The molecule has 3 rings (SSSR count). The summed E-state index contributed by atoms with van der Waals surface area (Å²) < 4.78 is 5.04. The van der Waals surface area contributed by atoms with E-state index in [1.165, 1.54) is 0 Å². The van der Waals surface area contributed by atoms with Gasteiger partial charge in [0.2, 0.25) is 0 Å². The summed E-state index contributed by atoms with van der Waals surface area (Å²) in [6.45, 7) is 0. The van der Waals surface area contributed by atoms with Gasteiger partial charge in [0.05, 0.1) is 5.69 Å². The molecule has 0 spiro atoms. The summed E-state index contributed by atoms with van der Waals surface area (Å²) in [7, 11) is 0. The van der Waals surface area contributed by atoms with Crippen molar-refractivity contribution < 1.29 is 9.63 Å². The lowest BCUT2D eigenvalue weighted by molar-refractivity contribution is 0.435. The predicted molar refractivity (Wildman–Crippen MR) is 59.9 cm³/mol. The molecule has 0 atom stereocenters. The van der Waals surface area contributed by atoms with E-state index in [2.05, 4.69) is 10.1 Å². The van der Waals surface area contributed by atoms with Gasteiger partial charge in [-0.05, 0) is 24.3 Å². The number of phenols is 1. The standard InChI is InChI=1S/C11H9N3O2/c12-11-5-10(16-14-11)9-4-6-3-7(15)1-2-8(6)13-9/h1-5,13,15H,(H2,12,14). The Morgan fingerprint density at radius 2 is 2.12 bits per heavy atom. The number of nitrogens with zero attached hydrogens (tertiary/aromatic N) is 1. The number of benzene rings is 1. The van der Waals surface area contributed by atoms with Crippen LogP contribution in [0.5, 0.6) is 5.75 Å². The van der Waals surface area contributed by atoms with E-state index in [1.54, 1.807) is 24.3 Å². The Morgan fingerprint density at radius 1 is 1.25 bits per heavy atom. The minimum atomic E-state index is 0.232. The Morgan fingerprint density at radius 3 is 2.88 bits per heavy atom. The molecular formula is C11H9N3O2. The minimum absolute atomic E-state index is 0.232. The molecule has 0 radical (unpaired) electrons. The van der Waals surface area contributed by atoms with Crippen LogP contribution >= 0.6 is 0 Å². The molecule has 0 unspecified atom stereocenters. The third-order valence-corrected chi connectivity index (χ3v) is 2.40. The molecule has 4 N–H and O–H groups in total. The first-order valence-corrected chi connectivity index (χ1v) is 4.77. The fourth-order valence-electron chi connectivity index (χ4n) is 1.67. The number of nitrogen functional groups attached to an aromatic ring is 1. The fourth-order valence-corrected chi connectivity index (χ4v) is 1.67. The van der Waals surface area contributed by atoms with E-state index < -0.39 is 0 Å². The third-order valence-electron chi connectivity index (χ3n) is 2.40. The summed E-state index contributed by atoms with van der Waals surface area (Å²) in [5.74, 6) is 1.15. The van der Waals surface area contributed by atoms with Crippen molar-refractivity contribution in [3.63, 3.8) is 0 Å². The molecular weight excluding hydrogens is 206 g/mol. The molecule has 2 heterocycles. The average molecular weight is 215 g/mol. The quantitative estimate of drug-likeness (QED) is 0.580. The van der Waals surface area contributed by atoms with Crippen LogP contribution < -0.4 is 5.73 Å². The number of aromatic nitrogens is 2. The van der Waals surface area contributed by atoms with Crippen molar-refractivity contribution in [3.8, 4) is 17.2 Å². The van der Waals surface area contributed by atoms with Gasteiger partial charge in [0, 0.05) is 17.0 Å². The van der Waals surface area contributed by atoms with E-state index in [1.807, 2.05) is 6.07 Å². The van der Waals surface area contributed by atoms with Crippen molar-refractivity contribution in [1.82, 2.24) is 10.1 Å². The second kappa shape index (κ2) is 3.03. The van der Waals surface area contributed by atoms with Crippen molar-refractivity contribution >= 4 is 16.7 Å². The van der Waals surface area contributed by atoms with Gasteiger partial charge >= 0.3 is 0 Å². The van der Waals surface area contributed by atoms with Gasteiger partial charge in [-0.2, -0.15) is 0 Å². The van der Waals surface area contributed by atoms with Crippen molar-refractivity contribution in [2.24, 2.45) is 0 Å². The van der Waals surface area contributed by atoms with Gasteiger partial charge in [-0.3, -0.25) is 0 Å². The molecule has 80 valence electrons. The number of hydrogen-bond acceptors (Lipinski definition) is 4. The van der Waals surface area contributed by atoms with Crippen LogP contribution in [0.3, 0.4) is 0 Å². The molecule has 0 saturated heterocycles. The molecule has 0 aliphatic carbocycles. The largest absolute Gasteiger partial charge is 0.508 e. The van der Waals surface area contributed by atoms with Gasteiger partial charge in [0.1, 0.15) is 5.75 Å². The molecule has 3 aromatic rings. The van der Waals surface area contributed by atoms with Gasteiger partial charge in [-0.15, -0.1) is 0 Å². The van der Waals surface area contributed by atoms with Crippen LogP contribution in [-0.2, 0) is 0 Å². The van der Waals surface area contributed by atoms with E-state index in [0.29, 0.717) is 11.6 Å². The highest BCUT2D eigenvalue weighted by atomic mass is 16.5. The smallest absolute Gasteiger partial charge is 0.185 e. The third kappa shape index (κ3) is 1.30. The number of fused-ring (bicyclic) bond motifs is 1. The Kier molecular flexibility index (Phi) is 1.67. The van der Waals surface area contributed by atoms with Crippen molar-refractivity contribution in [2.75, 3.05) is 5.73 Å². The summed E-state index contributed by atoms with van der Waals surface area (Å²) in [5, 5.41) is 13.9. The lowest BCUT2D eigenvalue weighted by Gasteiger charge is -1.89. The average Bonchev–Trinajstić information content (AvgIpc) is 2.83. The molecule has 0 fully saturated rings. The maximum Gasteiger partial charge on any atom is 0.185 e. The minimum Gasteiger partial charge on any atom is -0.508 e. The van der Waals surface area contributed by atoms with E-state index >= 15 is 0 Å². The predicted octanol–water partition coefficient (Wildman–Crippen LogP) is 2.11. The van der Waals surface area contributed by atoms with Crippen LogP contribution in [0.1, 0.15) is 0 Å². The first-order valence-electron chi connectivity index (χ1n) is 4.77. The maximum atomic E-state index is 9.34. The summed E-state index contributed by atoms with van der Waals surface area (Å²) in [6, 6.07) is 8.61. The van der Waals surface area contributed by atoms with E-state index in [0.717, 1.165) is 16.6 Å². The molecule has 1 aromatic carbocycles. The molecule has 0 bridgehead atoms. The zero-order valence-electron chi connectivity index (χ0n) is 8.27. The number of anilines is 1. The normalized spacial score (nSPS) is 11.0. The fraction of sp³-hybridized carbons (Fsp3) is 0. The van der Waals surface area contributed by atoms with Gasteiger partial charge in [0.25, 0.3) is 0 Å². The van der Waals surface area contributed by atoms with Crippen LogP contribution in [0.15, 0.2) is 34.9 Å². The molecule has 0 aliphatic heterocycles. The topological polar surface area (TPSA) is 88.1 Å². The molecule has 16 heavy (non-hydrogen) atoms. The monoisotopic (exact) mass is 215 g/mol. The molecule has 5 heteroatoms. The Hall–Kier alpha value is -2.43. The number of phenolic OH excluding ortho intramolecular Hbond substituents is 1. The second-order valence-electron chi connectivity index (χ2n) is 3.57. The van der Waals surface area contributed by atoms with Gasteiger partial charge in [-0.1, -0.05) is 5.16 Å². The number of hydrogen-bond donors (Lipinski definition) is 3. The van der Waals surface area contributed by atoms with E-state index in [9.17, 15) is 5.11 Å². The van der Waals surface area contributed by atoms with Crippen LogP contribution in [0.25, 0.3) is 22.4 Å². The first kappa shape index (κ1) is 8.84. The van der Waals surface area contributed by atoms with Gasteiger partial charge in [0.15, 0.2) is 11.6 Å². The number of aromatic hydroxyl groups is 1. The summed E-state index contributed by atoms with van der Waals surface area (Å²) in [4.78, 5) is 3.15. The van der Waals surface area contributed by atoms with Crippen LogP contribution in [0, 0.1) is 0 Å². The molecule has 2 aromatic heterocycles. The maximum absolute atomic E-state index is 9.34. The summed E-state index contributed by atoms with van der Waals surface area (Å²) >= 11 is 0. The SMILES string of the molecule is Nc1cc(-c2cc3cc(O)ccc3[nH]2)on1. The van der Waals surface area contributed by atoms with Crippen molar-refractivity contribution in [1.29, 1.82) is 0 Å². The second-order valence-corrected chi connectivity index (χ2v) is 3.57. The van der Waals surface area contributed by atoms with Crippen LogP contribution in [-0.4, -0.2) is 15.2 Å². The number of nitrogens with two attached hydrogens (primary N) is 1. The Labute approximate surface area is 90.5 Å². The molecule has 0 saturated carbocycles. The highest BCUT2D eigenvalue weighted by Crippen LogP contribution is 2.27. The zero-order chi connectivity index (χ0) is 11.1. The first-order chi connectivity index (χ1) is 7.72.